The van der Waals surface area contributed by atoms with Gasteiger partial charge in [0, 0.05) is 38.5 Å². The normalized spacial score (nSPS) is 18.0. The number of rotatable bonds is 5. The van der Waals surface area contributed by atoms with Crippen molar-refractivity contribution in [3.8, 4) is 0 Å². The molecule has 1 heterocycles. The molecule has 1 aromatic carbocycles. The molecule has 1 aliphatic rings. The molecule has 0 radical (unpaired) electrons. The van der Waals surface area contributed by atoms with Gasteiger partial charge in [-0.2, -0.15) is 0 Å². The van der Waals surface area contributed by atoms with E-state index in [1.54, 1.807) is 44.6 Å². The second-order valence-electron chi connectivity index (χ2n) is 5.94. The maximum atomic E-state index is 12.2. The van der Waals surface area contributed by atoms with E-state index in [2.05, 4.69) is 10.0 Å². The molecule has 7 heteroatoms. The van der Waals surface area contributed by atoms with E-state index in [1.807, 2.05) is 6.92 Å². The highest BCUT2D eigenvalue weighted by molar-refractivity contribution is 7.89. The van der Waals surface area contributed by atoms with Crippen LogP contribution < -0.4 is 10.0 Å². The summed E-state index contributed by atoms with van der Waals surface area (Å²) in [5.41, 5.74) is 1.73. The summed E-state index contributed by atoms with van der Waals surface area (Å²) in [5, 5.41) is 3.10. The van der Waals surface area contributed by atoms with Crippen molar-refractivity contribution in [2.75, 3.05) is 20.6 Å². The van der Waals surface area contributed by atoms with Crippen LogP contribution in [0.4, 0.5) is 0 Å². The summed E-state index contributed by atoms with van der Waals surface area (Å²) < 4.78 is 27.1. The van der Waals surface area contributed by atoms with E-state index >= 15 is 0 Å². The van der Waals surface area contributed by atoms with Gasteiger partial charge in [-0.3, -0.25) is 4.79 Å². The number of nitrogens with zero attached hydrogens (tertiary/aromatic N) is 1. The molecule has 6 nitrogen and oxygen atoms in total. The maximum Gasteiger partial charge on any atom is 0.250 e. The van der Waals surface area contributed by atoms with Gasteiger partial charge < -0.3 is 10.2 Å². The van der Waals surface area contributed by atoms with Crippen LogP contribution in [0.2, 0.25) is 0 Å². The first-order chi connectivity index (χ1) is 10.8. The van der Waals surface area contributed by atoms with Crippen molar-refractivity contribution in [2.45, 2.75) is 30.7 Å². The van der Waals surface area contributed by atoms with Gasteiger partial charge in [-0.05, 0) is 31.9 Å². The summed E-state index contributed by atoms with van der Waals surface area (Å²) in [7, 11) is -0.0791. The van der Waals surface area contributed by atoms with E-state index in [0.717, 1.165) is 5.56 Å². The van der Waals surface area contributed by atoms with Crippen molar-refractivity contribution in [1.29, 1.82) is 0 Å². The Hall–Kier alpha value is -1.86. The fourth-order valence-corrected chi connectivity index (χ4v) is 3.41. The Morgan fingerprint density at radius 2 is 1.96 bits per heavy atom. The molecule has 0 aromatic heterocycles. The number of nitrogens with one attached hydrogen (secondary N) is 2. The summed E-state index contributed by atoms with van der Waals surface area (Å²) in [4.78, 5) is 13.6. The fourth-order valence-electron chi connectivity index (χ4n) is 2.33. The quantitative estimate of drug-likeness (QED) is 0.840. The van der Waals surface area contributed by atoms with E-state index in [1.165, 1.54) is 4.90 Å². The van der Waals surface area contributed by atoms with Gasteiger partial charge in [0.15, 0.2) is 0 Å². The summed E-state index contributed by atoms with van der Waals surface area (Å²) in [5.74, 6) is -0.0174. The van der Waals surface area contributed by atoms with Gasteiger partial charge in [0.1, 0.15) is 0 Å². The maximum absolute atomic E-state index is 12.2. The number of sulfonamides is 1. The van der Waals surface area contributed by atoms with Crippen molar-refractivity contribution in [1.82, 2.24) is 14.9 Å². The molecular formula is C16H23N3O3S. The zero-order chi connectivity index (χ0) is 17.0. The number of carbonyl (C=O) groups is 1. The molecule has 0 bridgehead atoms. The van der Waals surface area contributed by atoms with E-state index < -0.39 is 10.0 Å². The molecule has 23 heavy (non-hydrogen) atoms. The number of likely N-dealkylation sites (N-methyl/N-ethyl adjacent to an activating group) is 1. The average Bonchev–Trinajstić information content (AvgIpc) is 2.53. The summed E-state index contributed by atoms with van der Waals surface area (Å²) in [6, 6.07) is 6.72. The Bertz CT molecular complexity index is 694. The molecule has 1 atom stereocenters. The Morgan fingerprint density at radius 3 is 2.48 bits per heavy atom. The fraction of sp³-hybridized carbons (Fsp3) is 0.438. The third kappa shape index (κ3) is 4.56. The molecule has 1 aromatic rings. The van der Waals surface area contributed by atoms with Gasteiger partial charge in [-0.1, -0.05) is 17.7 Å². The SMILES string of the molecule is Cc1ccc(S(=O)(=O)NC[C@@H]2CCC(C(=O)N(C)C)=CN2)cc1. The van der Waals surface area contributed by atoms with Crippen LogP contribution in [-0.4, -0.2) is 45.9 Å². The van der Waals surface area contributed by atoms with Crippen LogP contribution in [0.3, 0.4) is 0 Å². The largest absolute Gasteiger partial charge is 0.386 e. The highest BCUT2D eigenvalue weighted by atomic mass is 32.2. The standard InChI is InChI=1S/C16H23N3O3S/c1-12-4-8-15(9-5-12)23(21,22)18-11-14-7-6-13(10-17-14)16(20)19(2)3/h4-5,8-10,14,17-18H,6-7,11H2,1-3H3/t14-/m0/s1. The highest BCUT2D eigenvalue weighted by Gasteiger charge is 2.21. The molecule has 0 aliphatic carbocycles. The predicted octanol–water partition coefficient (Wildman–Crippen LogP) is 0.997. The zero-order valence-corrected chi connectivity index (χ0v) is 14.5. The summed E-state index contributed by atoms with van der Waals surface area (Å²) >= 11 is 0. The van der Waals surface area contributed by atoms with Crippen LogP contribution in [0.25, 0.3) is 0 Å². The first-order valence-electron chi connectivity index (χ1n) is 7.52. The lowest BCUT2D eigenvalue weighted by atomic mass is 10.0. The Kier molecular flexibility index (Phi) is 5.43. The lowest BCUT2D eigenvalue weighted by Crippen LogP contribution is -2.41. The van der Waals surface area contributed by atoms with E-state index in [0.29, 0.717) is 18.4 Å². The zero-order valence-electron chi connectivity index (χ0n) is 13.7. The lowest BCUT2D eigenvalue weighted by Gasteiger charge is -2.25. The van der Waals surface area contributed by atoms with Crippen molar-refractivity contribution >= 4 is 15.9 Å². The van der Waals surface area contributed by atoms with Crippen LogP contribution in [0.15, 0.2) is 40.9 Å². The number of amides is 1. The number of hydrogen-bond acceptors (Lipinski definition) is 4. The Labute approximate surface area is 137 Å². The van der Waals surface area contributed by atoms with Gasteiger partial charge in [0.2, 0.25) is 10.0 Å². The minimum absolute atomic E-state index is 0.0174. The monoisotopic (exact) mass is 337 g/mol. The summed E-state index contributed by atoms with van der Waals surface area (Å²) in [6.07, 6.45) is 3.04. The molecule has 0 saturated heterocycles. The van der Waals surface area contributed by atoms with E-state index in [9.17, 15) is 13.2 Å². The number of aryl methyl sites for hydroxylation is 1. The Morgan fingerprint density at radius 1 is 1.30 bits per heavy atom. The Balaban J connectivity index is 1.92. The molecule has 1 aliphatic heterocycles. The minimum Gasteiger partial charge on any atom is -0.386 e. The van der Waals surface area contributed by atoms with Crippen LogP contribution >= 0.6 is 0 Å². The van der Waals surface area contributed by atoms with Gasteiger partial charge in [-0.15, -0.1) is 0 Å². The van der Waals surface area contributed by atoms with Crippen molar-refractivity contribution < 1.29 is 13.2 Å². The molecule has 1 amide bonds. The number of benzene rings is 1. The van der Waals surface area contributed by atoms with Crippen molar-refractivity contribution in [2.24, 2.45) is 0 Å². The van der Waals surface area contributed by atoms with Crippen LogP contribution in [-0.2, 0) is 14.8 Å². The molecule has 0 fully saturated rings. The van der Waals surface area contributed by atoms with E-state index in [4.69, 9.17) is 0 Å². The summed E-state index contributed by atoms with van der Waals surface area (Å²) in [6.45, 7) is 2.20. The van der Waals surface area contributed by atoms with Gasteiger partial charge in [-0.25, -0.2) is 13.1 Å². The van der Waals surface area contributed by atoms with Crippen LogP contribution in [0.5, 0.6) is 0 Å². The minimum atomic E-state index is -3.51. The molecule has 0 unspecified atom stereocenters. The second kappa shape index (κ2) is 7.14. The van der Waals surface area contributed by atoms with Crippen molar-refractivity contribution in [3.63, 3.8) is 0 Å². The predicted molar refractivity (Wildman–Crippen MR) is 89.3 cm³/mol. The molecule has 2 N–H and O–H groups in total. The van der Waals surface area contributed by atoms with Crippen LogP contribution in [0.1, 0.15) is 18.4 Å². The lowest BCUT2D eigenvalue weighted by molar-refractivity contribution is -0.125. The molecule has 0 spiro atoms. The van der Waals surface area contributed by atoms with Gasteiger partial charge in [0.05, 0.1) is 4.90 Å². The molecule has 2 rings (SSSR count). The highest BCUT2D eigenvalue weighted by Crippen LogP contribution is 2.15. The third-order valence-electron chi connectivity index (χ3n) is 3.79. The first kappa shape index (κ1) is 17.5. The molecule has 0 saturated carbocycles. The first-order valence-corrected chi connectivity index (χ1v) is 9.01. The van der Waals surface area contributed by atoms with Gasteiger partial charge >= 0.3 is 0 Å². The smallest absolute Gasteiger partial charge is 0.250 e. The third-order valence-corrected chi connectivity index (χ3v) is 5.23. The number of hydrogen-bond donors (Lipinski definition) is 2. The molecular weight excluding hydrogens is 314 g/mol. The number of carbonyl (C=O) groups excluding carboxylic acids is 1. The molecule has 126 valence electrons. The van der Waals surface area contributed by atoms with Crippen molar-refractivity contribution in [3.05, 3.63) is 41.6 Å². The topological polar surface area (TPSA) is 78.5 Å². The van der Waals surface area contributed by atoms with Crippen LogP contribution in [0, 0.1) is 6.92 Å². The van der Waals surface area contributed by atoms with Gasteiger partial charge in [0.25, 0.3) is 5.91 Å². The van der Waals surface area contributed by atoms with E-state index in [-0.39, 0.29) is 23.4 Å². The average molecular weight is 337 g/mol. The second-order valence-corrected chi connectivity index (χ2v) is 7.70.